The van der Waals surface area contributed by atoms with Crippen molar-refractivity contribution in [3.63, 3.8) is 0 Å². The van der Waals surface area contributed by atoms with Gasteiger partial charge in [-0.05, 0) is 47.8 Å². The van der Waals surface area contributed by atoms with Gasteiger partial charge in [-0.3, -0.25) is 4.57 Å². The van der Waals surface area contributed by atoms with Crippen molar-refractivity contribution in [2.24, 2.45) is 0 Å². The van der Waals surface area contributed by atoms with Gasteiger partial charge in [0.2, 0.25) is 0 Å². The van der Waals surface area contributed by atoms with E-state index >= 15 is 0 Å². The van der Waals surface area contributed by atoms with Gasteiger partial charge in [0, 0.05) is 5.69 Å². The maximum atomic E-state index is 5.25. The summed E-state index contributed by atoms with van der Waals surface area (Å²) < 4.78 is 7.45. The summed E-state index contributed by atoms with van der Waals surface area (Å²) in [6.45, 7) is 0. The topological polar surface area (TPSA) is 27.1 Å². The number of fused-ring (bicyclic) bond motifs is 1. The number of rotatable bonds is 3. The molecule has 4 heteroatoms. The fourth-order valence-electron chi connectivity index (χ4n) is 2.59. The number of thiophene rings is 1. The summed E-state index contributed by atoms with van der Waals surface area (Å²) in [5, 5.41) is 2.08. The van der Waals surface area contributed by atoms with Gasteiger partial charge < -0.3 is 4.74 Å². The molecule has 0 fully saturated rings. The van der Waals surface area contributed by atoms with Crippen LogP contribution in [0.2, 0.25) is 0 Å². The highest BCUT2D eigenvalue weighted by molar-refractivity contribution is 7.13. The molecule has 4 rings (SSSR count). The number of aromatic nitrogens is 2. The van der Waals surface area contributed by atoms with Crippen LogP contribution in [0.3, 0.4) is 0 Å². The molecule has 0 radical (unpaired) electrons. The summed E-state index contributed by atoms with van der Waals surface area (Å²) in [5.74, 6) is 1.83. The lowest BCUT2D eigenvalue weighted by Crippen LogP contribution is -1.96. The monoisotopic (exact) mass is 306 g/mol. The van der Waals surface area contributed by atoms with E-state index in [0.29, 0.717) is 0 Å². The van der Waals surface area contributed by atoms with Gasteiger partial charge >= 0.3 is 0 Å². The molecule has 0 aliphatic carbocycles. The van der Waals surface area contributed by atoms with E-state index in [1.165, 1.54) is 0 Å². The Bertz CT molecular complexity index is 908. The van der Waals surface area contributed by atoms with Gasteiger partial charge in [0.15, 0.2) is 5.82 Å². The van der Waals surface area contributed by atoms with E-state index in [-0.39, 0.29) is 0 Å². The molecule has 2 aromatic heterocycles. The molecule has 2 aromatic carbocycles. The van der Waals surface area contributed by atoms with Crippen LogP contribution < -0.4 is 4.74 Å². The SMILES string of the molecule is COc1ccc(-n2c(-c3cccs3)nc3ccccc32)cc1. The Morgan fingerprint density at radius 2 is 1.77 bits per heavy atom. The Hall–Kier alpha value is -2.59. The van der Waals surface area contributed by atoms with Gasteiger partial charge in [-0.25, -0.2) is 4.98 Å². The normalized spacial score (nSPS) is 11.0. The van der Waals surface area contributed by atoms with Crippen molar-refractivity contribution in [1.29, 1.82) is 0 Å². The third-order valence-corrected chi connectivity index (χ3v) is 4.50. The predicted octanol–water partition coefficient (Wildman–Crippen LogP) is 4.76. The van der Waals surface area contributed by atoms with Crippen LogP contribution in [0.5, 0.6) is 5.75 Å². The van der Waals surface area contributed by atoms with Gasteiger partial charge in [-0.15, -0.1) is 11.3 Å². The predicted molar refractivity (Wildman–Crippen MR) is 90.9 cm³/mol. The molecular weight excluding hydrogens is 292 g/mol. The second-order valence-electron chi connectivity index (χ2n) is 4.93. The molecule has 0 bridgehead atoms. The van der Waals surface area contributed by atoms with E-state index in [0.717, 1.165) is 33.2 Å². The molecule has 4 aromatic rings. The lowest BCUT2D eigenvalue weighted by atomic mass is 10.2. The number of nitrogens with zero attached hydrogens (tertiary/aromatic N) is 2. The summed E-state index contributed by atoms with van der Waals surface area (Å²) in [7, 11) is 1.68. The number of hydrogen-bond donors (Lipinski definition) is 0. The molecule has 0 N–H and O–H groups in total. The molecule has 108 valence electrons. The van der Waals surface area contributed by atoms with Crippen LogP contribution >= 0.6 is 11.3 Å². The molecule has 0 saturated heterocycles. The molecule has 3 nitrogen and oxygen atoms in total. The minimum absolute atomic E-state index is 0.853. The zero-order chi connectivity index (χ0) is 14.9. The van der Waals surface area contributed by atoms with Gasteiger partial charge in [0.1, 0.15) is 5.75 Å². The molecule has 0 spiro atoms. The number of benzene rings is 2. The van der Waals surface area contributed by atoms with E-state index in [4.69, 9.17) is 9.72 Å². The molecular formula is C18H14N2OS. The minimum atomic E-state index is 0.853. The first kappa shape index (κ1) is 13.1. The summed E-state index contributed by atoms with van der Waals surface area (Å²) >= 11 is 1.70. The Morgan fingerprint density at radius 3 is 2.50 bits per heavy atom. The van der Waals surface area contributed by atoms with Crippen LogP contribution in [0.1, 0.15) is 0 Å². The summed E-state index contributed by atoms with van der Waals surface area (Å²) in [5.41, 5.74) is 3.19. The maximum absolute atomic E-state index is 5.25. The highest BCUT2D eigenvalue weighted by Gasteiger charge is 2.14. The first-order chi connectivity index (χ1) is 10.9. The van der Waals surface area contributed by atoms with Crippen molar-refractivity contribution in [3.05, 3.63) is 66.0 Å². The van der Waals surface area contributed by atoms with Crippen molar-refractivity contribution < 1.29 is 4.74 Å². The van der Waals surface area contributed by atoms with Gasteiger partial charge in [-0.2, -0.15) is 0 Å². The maximum Gasteiger partial charge on any atom is 0.155 e. The number of imidazole rings is 1. The Kier molecular flexibility index (Phi) is 3.16. The summed E-state index contributed by atoms with van der Waals surface area (Å²) in [6, 6.07) is 20.4. The molecule has 0 aliphatic heterocycles. The van der Waals surface area contributed by atoms with E-state index in [2.05, 4.69) is 40.3 Å². The van der Waals surface area contributed by atoms with Gasteiger partial charge in [0.25, 0.3) is 0 Å². The number of methoxy groups -OCH3 is 1. The zero-order valence-electron chi connectivity index (χ0n) is 12.1. The Balaban J connectivity index is 1.99. The molecule has 0 aliphatic rings. The van der Waals surface area contributed by atoms with E-state index in [9.17, 15) is 0 Å². The molecule has 0 unspecified atom stereocenters. The van der Waals surface area contributed by atoms with Crippen LogP contribution in [0.4, 0.5) is 0 Å². The first-order valence-electron chi connectivity index (χ1n) is 7.02. The zero-order valence-corrected chi connectivity index (χ0v) is 12.9. The third-order valence-electron chi connectivity index (χ3n) is 3.63. The van der Waals surface area contributed by atoms with Crippen molar-refractivity contribution in [3.8, 4) is 22.1 Å². The largest absolute Gasteiger partial charge is 0.497 e. The lowest BCUT2D eigenvalue weighted by molar-refractivity contribution is 0.415. The first-order valence-corrected chi connectivity index (χ1v) is 7.90. The molecule has 2 heterocycles. The van der Waals surface area contributed by atoms with E-state index in [1.807, 2.05) is 30.3 Å². The number of ether oxygens (including phenoxy) is 1. The van der Waals surface area contributed by atoms with Crippen molar-refractivity contribution in [2.45, 2.75) is 0 Å². The van der Waals surface area contributed by atoms with Crippen LogP contribution in [-0.4, -0.2) is 16.7 Å². The van der Waals surface area contributed by atoms with Crippen molar-refractivity contribution in [1.82, 2.24) is 9.55 Å². The van der Waals surface area contributed by atoms with Crippen LogP contribution in [0.15, 0.2) is 66.0 Å². The van der Waals surface area contributed by atoms with Crippen molar-refractivity contribution in [2.75, 3.05) is 7.11 Å². The summed E-state index contributed by atoms with van der Waals surface area (Å²) in [4.78, 5) is 5.98. The Labute approximate surface area is 132 Å². The number of hydrogen-bond acceptors (Lipinski definition) is 3. The highest BCUT2D eigenvalue weighted by atomic mass is 32.1. The van der Waals surface area contributed by atoms with Crippen molar-refractivity contribution >= 4 is 22.4 Å². The number of para-hydroxylation sites is 2. The molecule has 0 amide bonds. The quantitative estimate of drug-likeness (QED) is 0.545. The smallest absolute Gasteiger partial charge is 0.155 e. The molecule has 0 saturated carbocycles. The lowest BCUT2D eigenvalue weighted by Gasteiger charge is -2.09. The van der Waals surface area contributed by atoms with E-state index < -0.39 is 0 Å². The fraction of sp³-hybridized carbons (Fsp3) is 0.0556. The molecule has 22 heavy (non-hydrogen) atoms. The Morgan fingerprint density at radius 1 is 0.955 bits per heavy atom. The van der Waals surface area contributed by atoms with E-state index in [1.54, 1.807) is 18.4 Å². The second kappa shape index (κ2) is 5.31. The van der Waals surface area contributed by atoms with Gasteiger partial charge in [0.05, 0.1) is 23.0 Å². The second-order valence-corrected chi connectivity index (χ2v) is 5.88. The molecule has 0 atom stereocenters. The fourth-order valence-corrected chi connectivity index (χ4v) is 3.29. The standard InChI is InChI=1S/C18H14N2OS/c1-21-14-10-8-13(9-11-14)20-16-6-3-2-5-15(16)19-18(20)17-7-4-12-22-17/h2-12H,1H3. The highest BCUT2D eigenvalue weighted by Crippen LogP contribution is 2.31. The summed E-state index contributed by atoms with van der Waals surface area (Å²) in [6.07, 6.45) is 0. The van der Waals surface area contributed by atoms with Crippen LogP contribution in [-0.2, 0) is 0 Å². The van der Waals surface area contributed by atoms with Crippen LogP contribution in [0, 0.1) is 0 Å². The van der Waals surface area contributed by atoms with Crippen LogP contribution in [0.25, 0.3) is 27.4 Å². The average molecular weight is 306 g/mol. The average Bonchev–Trinajstić information content (AvgIpc) is 3.22. The third kappa shape index (κ3) is 2.09. The minimum Gasteiger partial charge on any atom is -0.497 e. The van der Waals surface area contributed by atoms with Gasteiger partial charge in [-0.1, -0.05) is 18.2 Å².